The lowest BCUT2D eigenvalue weighted by Gasteiger charge is -2.35. The van der Waals surface area contributed by atoms with Gasteiger partial charge >= 0.3 is 12.3 Å². The lowest BCUT2D eigenvalue weighted by Crippen LogP contribution is -2.51. The van der Waals surface area contributed by atoms with Crippen LogP contribution in [-0.2, 0) is 10.4 Å². The molecule has 21 heavy (non-hydrogen) atoms. The SMILES string of the molecule is CC(C)=CC(=O)C[C@@](O)(c1ccccc1)C(F)(F)C(F)F. The van der Waals surface area contributed by atoms with E-state index in [-0.39, 0.29) is 0 Å². The van der Waals surface area contributed by atoms with Crippen molar-refractivity contribution >= 4 is 5.78 Å². The molecule has 0 saturated heterocycles. The number of rotatable bonds is 6. The molecule has 6 heteroatoms. The van der Waals surface area contributed by atoms with E-state index in [1.807, 2.05) is 0 Å². The van der Waals surface area contributed by atoms with Gasteiger partial charge < -0.3 is 5.11 Å². The molecule has 1 aromatic rings. The molecule has 1 rings (SSSR count). The van der Waals surface area contributed by atoms with Gasteiger partial charge in [-0.05, 0) is 25.5 Å². The van der Waals surface area contributed by atoms with E-state index in [4.69, 9.17) is 0 Å². The molecule has 1 aromatic carbocycles. The molecule has 0 aliphatic rings. The van der Waals surface area contributed by atoms with Crippen LogP contribution < -0.4 is 0 Å². The van der Waals surface area contributed by atoms with Crippen molar-refractivity contribution in [1.29, 1.82) is 0 Å². The van der Waals surface area contributed by atoms with Crippen LogP contribution in [0.1, 0.15) is 25.8 Å². The van der Waals surface area contributed by atoms with Crippen LogP contribution >= 0.6 is 0 Å². The molecule has 1 atom stereocenters. The zero-order valence-corrected chi connectivity index (χ0v) is 11.6. The van der Waals surface area contributed by atoms with Gasteiger partial charge in [-0.15, -0.1) is 0 Å². The number of hydrogen-bond donors (Lipinski definition) is 1. The Kier molecular flexibility index (Phi) is 5.28. The number of benzene rings is 1. The molecule has 0 heterocycles. The predicted molar refractivity (Wildman–Crippen MR) is 70.3 cm³/mol. The van der Waals surface area contributed by atoms with Crippen LogP contribution in [-0.4, -0.2) is 23.2 Å². The summed E-state index contributed by atoms with van der Waals surface area (Å²) in [6, 6.07) is 6.32. The highest BCUT2D eigenvalue weighted by molar-refractivity contribution is 5.91. The van der Waals surface area contributed by atoms with E-state index in [2.05, 4.69) is 0 Å². The first-order chi connectivity index (χ1) is 9.61. The van der Waals surface area contributed by atoms with Crippen LogP contribution in [0.15, 0.2) is 42.0 Å². The van der Waals surface area contributed by atoms with E-state index < -0.39 is 35.7 Å². The molecular weight excluding hydrogens is 288 g/mol. The maximum absolute atomic E-state index is 13.8. The van der Waals surface area contributed by atoms with Gasteiger partial charge in [0.05, 0.1) is 0 Å². The lowest BCUT2D eigenvalue weighted by molar-refractivity contribution is -0.249. The Hall–Kier alpha value is -1.69. The summed E-state index contributed by atoms with van der Waals surface area (Å²) in [6.07, 6.45) is -4.18. The van der Waals surface area contributed by atoms with Crippen molar-refractivity contribution in [3.8, 4) is 0 Å². The van der Waals surface area contributed by atoms with Crippen molar-refractivity contribution in [2.45, 2.75) is 38.2 Å². The van der Waals surface area contributed by atoms with E-state index in [0.29, 0.717) is 5.57 Å². The third kappa shape index (κ3) is 3.69. The van der Waals surface area contributed by atoms with E-state index in [1.54, 1.807) is 13.8 Å². The average Bonchev–Trinajstić information content (AvgIpc) is 2.38. The zero-order chi connectivity index (χ0) is 16.3. The van der Waals surface area contributed by atoms with Crippen molar-refractivity contribution in [2.24, 2.45) is 0 Å². The van der Waals surface area contributed by atoms with Gasteiger partial charge in [-0.3, -0.25) is 4.79 Å². The van der Waals surface area contributed by atoms with Crippen LogP contribution in [0, 0.1) is 0 Å². The molecule has 0 spiro atoms. The highest BCUT2D eigenvalue weighted by Gasteiger charge is 2.60. The van der Waals surface area contributed by atoms with Gasteiger partial charge in [0.15, 0.2) is 11.4 Å². The summed E-state index contributed by atoms with van der Waals surface area (Å²) in [6.45, 7) is 3.12. The molecule has 0 aromatic heterocycles. The summed E-state index contributed by atoms with van der Waals surface area (Å²) in [5.74, 6) is -5.60. The average molecular weight is 304 g/mol. The predicted octanol–water partition coefficient (Wildman–Crippen LogP) is 3.70. The number of halogens is 4. The lowest BCUT2D eigenvalue weighted by atomic mass is 9.82. The third-order valence-electron chi connectivity index (χ3n) is 2.96. The van der Waals surface area contributed by atoms with Crippen LogP contribution in [0.2, 0.25) is 0 Å². The van der Waals surface area contributed by atoms with Gasteiger partial charge in [0, 0.05) is 6.42 Å². The standard InChI is InChI=1S/C15H16F4O2/c1-10(2)8-12(20)9-14(21,15(18,19)13(16)17)11-6-4-3-5-7-11/h3-8,13,21H,9H2,1-2H3/t14-/m1/s1. The Morgan fingerprint density at radius 2 is 1.76 bits per heavy atom. The molecule has 2 nitrogen and oxygen atoms in total. The minimum Gasteiger partial charge on any atom is -0.378 e. The van der Waals surface area contributed by atoms with Crippen molar-refractivity contribution < 1.29 is 27.5 Å². The zero-order valence-electron chi connectivity index (χ0n) is 11.6. The highest BCUT2D eigenvalue weighted by Crippen LogP contribution is 2.44. The van der Waals surface area contributed by atoms with Crippen molar-refractivity contribution in [3.05, 3.63) is 47.5 Å². The fourth-order valence-corrected chi connectivity index (χ4v) is 1.93. The van der Waals surface area contributed by atoms with Crippen LogP contribution in [0.25, 0.3) is 0 Å². The summed E-state index contributed by atoms with van der Waals surface area (Å²) in [5, 5.41) is 10.2. The van der Waals surface area contributed by atoms with Gasteiger partial charge in [0.25, 0.3) is 0 Å². The van der Waals surface area contributed by atoms with Crippen molar-refractivity contribution in [1.82, 2.24) is 0 Å². The molecule has 0 aliphatic heterocycles. The fraction of sp³-hybridized carbons (Fsp3) is 0.400. The van der Waals surface area contributed by atoms with E-state index >= 15 is 0 Å². The number of allylic oxidation sites excluding steroid dienone is 2. The smallest absolute Gasteiger partial charge is 0.339 e. The largest absolute Gasteiger partial charge is 0.378 e. The second-order valence-corrected chi connectivity index (χ2v) is 5.01. The molecule has 0 fully saturated rings. The Morgan fingerprint density at radius 3 is 2.19 bits per heavy atom. The van der Waals surface area contributed by atoms with Crippen LogP contribution in [0.3, 0.4) is 0 Å². The van der Waals surface area contributed by atoms with Crippen LogP contribution in [0.5, 0.6) is 0 Å². The topological polar surface area (TPSA) is 37.3 Å². The Balaban J connectivity index is 3.31. The molecular formula is C15H16F4O2. The Morgan fingerprint density at radius 1 is 1.24 bits per heavy atom. The summed E-state index contributed by atoms with van der Waals surface area (Å²) in [5.41, 5.74) is -3.16. The van der Waals surface area contributed by atoms with Crippen molar-refractivity contribution in [2.75, 3.05) is 0 Å². The number of aliphatic hydroxyl groups is 1. The monoisotopic (exact) mass is 304 g/mol. The van der Waals surface area contributed by atoms with Crippen molar-refractivity contribution in [3.63, 3.8) is 0 Å². The molecule has 0 amide bonds. The minimum absolute atomic E-state index is 0.425. The molecule has 0 bridgehead atoms. The van der Waals surface area contributed by atoms with Gasteiger partial charge in [0.1, 0.15) is 0 Å². The van der Waals surface area contributed by atoms with Gasteiger partial charge in [-0.2, -0.15) is 8.78 Å². The molecule has 0 saturated carbocycles. The first-order valence-corrected chi connectivity index (χ1v) is 6.23. The number of carbonyl (C=O) groups excluding carboxylic acids is 1. The fourth-order valence-electron chi connectivity index (χ4n) is 1.93. The Bertz CT molecular complexity index is 522. The molecule has 0 radical (unpaired) electrons. The van der Waals surface area contributed by atoms with Gasteiger partial charge in [0.2, 0.25) is 0 Å². The highest BCUT2D eigenvalue weighted by atomic mass is 19.3. The van der Waals surface area contributed by atoms with E-state index in [9.17, 15) is 27.5 Å². The normalized spacial score (nSPS) is 14.7. The van der Waals surface area contributed by atoms with Gasteiger partial charge in [-0.1, -0.05) is 35.9 Å². The summed E-state index contributed by atoms with van der Waals surface area (Å²) < 4.78 is 53.0. The number of hydrogen-bond acceptors (Lipinski definition) is 2. The summed E-state index contributed by atoms with van der Waals surface area (Å²) >= 11 is 0. The second kappa shape index (κ2) is 6.39. The summed E-state index contributed by atoms with van der Waals surface area (Å²) in [4.78, 5) is 11.7. The first-order valence-electron chi connectivity index (χ1n) is 6.23. The van der Waals surface area contributed by atoms with Gasteiger partial charge in [-0.25, -0.2) is 8.78 Å². The number of ketones is 1. The minimum atomic E-state index is -4.75. The van der Waals surface area contributed by atoms with E-state index in [0.717, 1.165) is 18.2 Å². The quantitative estimate of drug-likeness (QED) is 0.643. The number of alkyl halides is 4. The first kappa shape index (κ1) is 17.4. The summed E-state index contributed by atoms with van der Waals surface area (Å²) in [7, 11) is 0. The molecule has 0 unspecified atom stereocenters. The van der Waals surface area contributed by atoms with E-state index in [1.165, 1.54) is 18.2 Å². The maximum Gasteiger partial charge on any atom is 0.339 e. The second-order valence-electron chi connectivity index (χ2n) is 5.01. The maximum atomic E-state index is 13.8. The third-order valence-corrected chi connectivity index (χ3v) is 2.96. The molecule has 116 valence electrons. The Labute approximate surface area is 120 Å². The number of carbonyl (C=O) groups is 1. The van der Waals surface area contributed by atoms with Crippen LogP contribution in [0.4, 0.5) is 17.6 Å². The molecule has 1 N–H and O–H groups in total. The molecule has 0 aliphatic carbocycles.